The van der Waals surface area contributed by atoms with Crippen molar-refractivity contribution in [3.05, 3.63) is 45.7 Å². The molecule has 0 bridgehead atoms. The van der Waals surface area contributed by atoms with Crippen molar-refractivity contribution < 1.29 is 9.90 Å². The van der Waals surface area contributed by atoms with Crippen molar-refractivity contribution in [1.29, 1.82) is 0 Å². The van der Waals surface area contributed by atoms with Gasteiger partial charge in [0.15, 0.2) is 0 Å². The fraction of sp³-hybridized carbons (Fsp3) is 0.231. The maximum Gasteiger partial charge on any atom is 0.339 e. The Morgan fingerprint density at radius 1 is 1.50 bits per heavy atom. The van der Waals surface area contributed by atoms with Gasteiger partial charge in [0.1, 0.15) is 5.56 Å². The lowest BCUT2D eigenvalue weighted by Gasteiger charge is -2.10. The number of aryl methyl sites for hydroxylation is 1. The molecule has 0 unspecified atom stereocenters. The number of carboxylic acids is 1. The Morgan fingerprint density at radius 2 is 2.22 bits per heavy atom. The average molecular weight is 309 g/mol. The van der Waals surface area contributed by atoms with Crippen LogP contribution in [0.3, 0.4) is 0 Å². The predicted molar refractivity (Wildman–Crippen MR) is 72.3 cm³/mol. The van der Waals surface area contributed by atoms with Crippen LogP contribution >= 0.6 is 15.9 Å². The number of aromatic carboxylic acids is 1. The summed E-state index contributed by atoms with van der Waals surface area (Å²) in [6, 6.07) is 5.83. The number of rotatable bonds is 3. The molecule has 0 fully saturated rings. The van der Waals surface area contributed by atoms with Crippen molar-refractivity contribution in [2.24, 2.45) is 0 Å². The smallest absolute Gasteiger partial charge is 0.339 e. The number of aromatic nitrogens is 2. The lowest BCUT2D eigenvalue weighted by molar-refractivity contribution is 0.0695. The van der Waals surface area contributed by atoms with Gasteiger partial charge >= 0.3 is 5.97 Å². The first-order valence-corrected chi connectivity index (χ1v) is 6.40. The molecule has 2 aromatic rings. The minimum atomic E-state index is -0.937. The second-order valence-corrected chi connectivity index (χ2v) is 4.92. The van der Waals surface area contributed by atoms with Crippen molar-refractivity contribution in [1.82, 2.24) is 9.78 Å². The van der Waals surface area contributed by atoms with Crippen molar-refractivity contribution in [3.63, 3.8) is 0 Å². The first kappa shape index (κ1) is 12.8. The molecule has 0 radical (unpaired) electrons. The quantitative estimate of drug-likeness (QED) is 0.947. The normalized spacial score (nSPS) is 10.6. The van der Waals surface area contributed by atoms with E-state index in [4.69, 9.17) is 5.11 Å². The maximum atomic E-state index is 11.1. The highest BCUT2D eigenvalue weighted by atomic mass is 79.9. The van der Waals surface area contributed by atoms with Crippen molar-refractivity contribution in [2.45, 2.75) is 20.3 Å². The van der Waals surface area contributed by atoms with E-state index in [-0.39, 0.29) is 5.56 Å². The van der Waals surface area contributed by atoms with Crippen LogP contribution < -0.4 is 0 Å². The molecular formula is C13H13BrN2O2. The molecule has 4 nitrogen and oxygen atoms in total. The zero-order valence-electron chi connectivity index (χ0n) is 10.1. The van der Waals surface area contributed by atoms with E-state index in [2.05, 4.69) is 21.0 Å². The highest BCUT2D eigenvalue weighted by Crippen LogP contribution is 2.22. The summed E-state index contributed by atoms with van der Waals surface area (Å²) in [6.07, 6.45) is 2.03. The fourth-order valence-electron chi connectivity index (χ4n) is 1.96. The Hall–Kier alpha value is -1.62. The van der Waals surface area contributed by atoms with E-state index < -0.39 is 5.97 Å². The zero-order chi connectivity index (χ0) is 13.3. The van der Waals surface area contributed by atoms with Crippen LogP contribution in [-0.4, -0.2) is 20.9 Å². The molecule has 1 heterocycles. The first-order chi connectivity index (χ1) is 8.54. The monoisotopic (exact) mass is 308 g/mol. The van der Waals surface area contributed by atoms with Gasteiger partial charge in [-0.2, -0.15) is 5.10 Å². The summed E-state index contributed by atoms with van der Waals surface area (Å²) < 4.78 is 2.69. The number of nitrogens with zero attached hydrogens (tertiary/aromatic N) is 2. The van der Waals surface area contributed by atoms with Crippen LogP contribution in [0.4, 0.5) is 0 Å². The Kier molecular flexibility index (Phi) is 3.52. The summed E-state index contributed by atoms with van der Waals surface area (Å²) in [4.78, 5) is 11.1. The van der Waals surface area contributed by atoms with Gasteiger partial charge in [-0.25, -0.2) is 9.48 Å². The highest BCUT2D eigenvalue weighted by Gasteiger charge is 2.16. The van der Waals surface area contributed by atoms with Crippen LogP contribution in [-0.2, 0) is 6.42 Å². The topological polar surface area (TPSA) is 55.1 Å². The van der Waals surface area contributed by atoms with E-state index in [0.29, 0.717) is 12.1 Å². The average Bonchev–Trinajstić information content (AvgIpc) is 2.72. The summed E-state index contributed by atoms with van der Waals surface area (Å²) >= 11 is 3.41. The van der Waals surface area contributed by atoms with E-state index >= 15 is 0 Å². The van der Waals surface area contributed by atoms with Crippen LogP contribution in [0.1, 0.15) is 28.5 Å². The Morgan fingerprint density at radius 3 is 2.78 bits per heavy atom. The molecule has 1 aromatic heterocycles. The van der Waals surface area contributed by atoms with Gasteiger partial charge in [-0.1, -0.05) is 22.9 Å². The molecule has 1 N–H and O–H groups in total. The number of carbonyl (C=O) groups is 1. The third kappa shape index (κ3) is 2.18. The summed E-state index contributed by atoms with van der Waals surface area (Å²) in [5, 5.41) is 13.3. The van der Waals surface area contributed by atoms with Gasteiger partial charge in [-0.15, -0.1) is 0 Å². The van der Waals surface area contributed by atoms with Crippen molar-refractivity contribution >= 4 is 21.9 Å². The van der Waals surface area contributed by atoms with Gasteiger partial charge in [-0.3, -0.25) is 0 Å². The number of halogens is 1. The molecule has 94 valence electrons. The largest absolute Gasteiger partial charge is 0.478 e. The minimum absolute atomic E-state index is 0.264. The van der Waals surface area contributed by atoms with Gasteiger partial charge in [-0.05, 0) is 37.1 Å². The molecule has 0 spiro atoms. The summed E-state index contributed by atoms with van der Waals surface area (Å²) in [7, 11) is 0. The zero-order valence-corrected chi connectivity index (χ0v) is 11.7. The predicted octanol–water partition coefficient (Wildman–Crippen LogP) is 3.20. The van der Waals surface area contributed by atoms with Gasteiger partial charge in [0.2, 0.25) is 0 Å². The van der Waals surface area contributed by atoms with E-state index in [0.717, 1.165) is 15.7 Å². The molecule has 1 aromatic carbocycles. The van der Waals surface area contributed by atoms with E-state index in [1.807, 2.05) is 32.0 Å². The minimum Gasteiger partial charge on any atom is -0.478 e. The number of benzene rings is 1. The van der Waals surface area contributed by atoms with E-state index in [9.17, 15) is 4.79 Å². The lowest BCUT2D eigenvalue weighted by Crippen LogP contribution is -2.06. The fourth-order valence-corrected chi connectivity index (χ4v) is 2.43. The molecule has 0 saturated carbocycles. The lowest BCUT2D eigenvalue weighted by atomic mass is 10.1. The van der Waals surface area contributed by atoms with Crippen molar-refractivity contribution in [3.8, 4) is 5.69 Å². The molecule has 0 saturated heterocycles. The van der Waals surface area contributed by atoms with E-state index in [1.54, 1.807) is 4.68 Å². The maximum absolute atomic E-state index is 11.1. The van der Waals surface area contributed by atoms with Crippen LogP contribution in [0, 0.1) is 6.92 Å². The Labute approximate surface area is 113 Å². The van der Waals surface area contributed by atoms with Crippen LogP contribution in [0.15, 0.2) is 28.9 Å². The molecule has 2 rings (SSSR count). The third-order valence-electron chi connectivity index (χ3n) is 2.82. The second kappa shape index (κ2) is 4.94. The standard InChI is InChI=1S/C13H13BrN2O2/c1-3-11-10(13(17)18)7-15-16(11)12-5-4-9(14)6-8(12)2/h4-7H,3H2,1-2H3,(H,17,18). The van der Waals surface area contributed by atoms with Gasteiger partial charge < -0.3 is 5.11 Å². The van der Waals surface area contributed by atoms with Gasteiger partial charge in [0.05, 0.1) is 17.6 Å². The molecule has 0 atom stereocenters. The summed E-state index contributed by atoms with van der Waals surface area (Å²) in [5.74, 6) is -0.937. The molecule has 5 heteroatoms. The number of hydrogen-bond donors (Lipinski definition) is 1. The number of carboxylic acid groups (broad SMARTS) is 1. The molecule has 0 amide bonds. The van der Waals surface area contributed by atoms with Crippen LogP contribution in [0.2, 0.25) is 0 Å². The first-order valence-electron chi connectivity index (χ1n) is 5.61. The second-order valence-electron chi connectivity index (χ2n) is 4.01. The van der Waals surface area contributed by atoms with E-state index in [1.165, 1.54) is 6.20 Å². The molecule has 0 aliphatic rings. The van der Waals surface area contributed by atoms with Gasteiger partial charge in [0.25, 0.3) is 0 Å². The summed E-state index contributed by atoms with van der Waals surface area (Å²) in [6.45, 7) is 3.90. The summed E-state index contributed by atoms with van der Waals surface area (Å²) in [5.41, 5.74) is 2.93. The van der Waals surface area contributed by atoms with Gasteiger partial charge in [0, 0.05) is 4.47 Å². The molecular weight excluding hydrogens is 296 g/mol. The Balaban J connectivity index is 2.60. The highest BCUT2D eigenvalue weighted by molar-refractivity contribution is 9.10. The van der Waals surface area contributed by atoms with Crippen molar-refractivity contribution in [2.75, 3.05) is 0 Å². The third-order valence-corrected chi connectivity index (χ3v) is 3.31. The molecule has 0 aliphatic carbocycles. The SMILES string of the molecule is CCc1c(C(=O)O)cnn1-c1ccc(Br)cc1C. The molecule has 0 aliphatic heterocycles. The Bertz CT molecular complexity index is 605. The van der Waals surface area contributed by atoms with Crippen LogP contribution in [0.5, 0.6) is 0 Å². The number of hydrogen-bond acceptors (Lipinski definition) is 2. The molecule has 18 heavy (non-hydrogen) atoms. The van der Waals surface area contributed by atoms with Crippen LogP contribution in [0.25, 0.3) is 5.69 Å².